The average Bonchev–Trinajstić information content (AvgIpc) is 3.37. The van der Waals surface area contributed by atoms with Crippen LogP contribution in [0.1, 0.15) is 6.42 Å². The van der Waals surface area contributed by atoms with Crippen LogP contribution in [-0.2, 0) is 33.3 Å². The number of carbonyl (C=O) groups is 2. The van der Waals surface area contributed by atoms with Crippen molar-refractivity contribution in [1.29, 1.82) is 0 Å². The first kappa shape index (κ1) is 13.1. The predicted molar refractivity (Wildman–Crippen MR) is 66.0 cm³/mol. The molecule has 0 amide bonds. The quantitative estimate of drug-likeness (QED) is 0.495. The zero-order chi connectivity index (χ0) is 14.4. The van der Waals surface area contributed by atoms with E-state index in [-0.39, 0.29) is 37.5 Å². The zero-order valence-corrected chi connectivity index (χ0v) is 11.4. The number of epoxide rings is 3. The van der Waals surface area contributed by atoms with Gasteiger partial charge in [0.05, 0.1) is 25.0 Å². The molecule has 0 N–H and O–H groups in total. The fourth-order valence-electron chi connectivity index (χ4n) is 2.47. The highest BCUT2D eigenvalue weighted by Crippen LogP contribution is 2.42. The lowest BCUT2D eigenvalue weighted by Gasteiger charge is -2.22. The summed E-state index contributed by atoms with van der Waals surface area (Å²) in [4.78, 5) is 24.3. The van der Waals surface area contributed by atoms with Crippen molar-refractivity contribution >= 4 is 11.9 Å². The second kappa shape index (κ2) is 4.99. The van der Waals surface area contributed by atoms with E-state index in [4.69, 9.17) is 23.7 Å². The predicted octanol–water partition coefficient (Wildman–Crippen LogP) is -0.211. The van der Waals surface area contributed by atoms with E-state index in [1.165, 1.54) is 0 Å². The van der Waals surface area contributed by atoms with Gasteiger partial charge in [0.1, 0.15) is 31.2 Å². The molecule has 3 saturated heterocycles. The van der Waals surface area contributed by atoms with Gasteiger partial charge in [-0.25, -0.2) is 0 Å². The maximum atomic E-state index is 12.2. The van der Waals surface area contributed by atoms with Gasteiger partial charge in [0, 0.05) is 6.42 Å². The van der Waals surface area contributed by atoms with Crippen molar-refractivity contribution < 1.29 is 33.3 Å². The molecule has 0 aromatic heterocycles. The summed E-state index contributed by atoms with van der Waals surface area (Å²) in [5, 5.41) is 0. The molecular formula is C14H16O7. The lowest BCUT2D eigenvalue weighted by molar-refractivity contribution is -0.160. The largest absolute Gasteiger partial charge is 0.483 e. The van der Waals surface area contributed by atoms with Crippen molar-refractivity contribution in [2.75, 3.05) is 26.4 Å². The maximum absolute atomic E-state index is 12.2. The van der Waals surface area contributed by atoms with Crippen molar-refractivity contribution in [1.82, 2.24) is 0 Å². The smallest absolute Gasteiger partial charge is 0.313 e. The molecule has 4 aliphatic rings. The highest BCUT2D eigenvalue weighted by molar-refractivity contribution is 5.84. The molecule has 0 unspecified atom stereocenters. The minimum absolute atomic E-state index is 0.00698. The lowest BCUT2D eigenvalue weighted by atomic mass is 9.84. The molecule has 0 aromatic rings. The highest BCUT2D eigenvalue weighted by Gasteiger charge is 2.49. The van der Waals surface area contributed by atoms with E-state index in [2.05, 4.69) is 0 Å². The number of esters is 2. The molecule has 0 aromatic carbocycles. The van der Waals surface area contributed by atoms with E-state index in [1.54, 1.807) is 6.08 Å². The Labute approximate surface area is 121 Å². The van der Waals surface area contributed by atoms with Gasteiger partial charge < -0.3 is 23.7 Å². The van der Waals surface area contributed by atoms with Crippen LogP contribution in [0.3, 0.4) is 0 Å². The molecule has 21 heavy (non-hydrogen) atoms. The van der Waals surface area contributed by atoms with E-state index < -0.39 is 17.8 Å². The minimum atomic E-state index is -0.634. The Morgan fingerprint density at radius 2 is 1.71 bits per heavy atom. The van der Waals surface area contributed by atoms with Crippen LogP contribution in [-0.4, -0.2) is 56.7 Å². The van der Waals surface area contributed by atoms with E-state index in [9.17, 15) is 9.59 Å². The number of rotatable bonds is 6. The molecule has 0 radical (unpaired) electrons. The number of hydrogen-bond acceptors (Lipinski definition) is 7. The van der Waals surface area contributed by atoms with Crippen molar-refractivity contribution in [3.8, 4) is 0 Å². The van der Waals surface area contributed by atoms with Crippen LogP contribution in [0.15, 0.2) is 11.8 Å². The van der Waals surface area contributed by atoms with Crippen LogP contribution >= 0.6 is 0 Å². The lowest BCUT2D eigenvalue weighted by Crippen LogP contribution is -2.35. The maximum Gasteiger partial charge on any atom is 0.313 e. The average molecular weight is 296 g/mol. The summed E-state index contributed by atoms with van der Waals surface area (Å²) < 4.78 is 25.7. The molecule has 1 aliphatic carbocycles. The number of ether oxygens (including phenoxy) is 5. The molecule has 114 valence electrons. The topological polar surface area (TPSA) is 90.2 Å². The van der Waals surface area contributed by atoms with Crippen LogP contribution < -0.4 is 0 Å². The summed E-state index contributed by atoms with van der Waals surface area (Å²) in [6, 6.07) is 0. The Morgan fingerprint density at radius 1 is 1.10 bits per heavy atom. The van der Waals surface area contributed by atoms with Gasteiger partial charge in [-0.05, 0) is 6.08 Å². The molecule has 5 atom stereocenters. The molecular weight excluding hydrogens is 280 g/mol. The van der Waals surface area contributed by atoms with Crippen molar-refractivity contribution in [3.63, 3.8) is 0 Å². The van der Waals surface area contributed by atoms with Crippen LogP contribution in [0.2, 0.25) is 0 Å². The molecule has 7 nitrogen and oxygen atoms in total. The fraction of sp³-hybridized carbons (Fsp3) is 0.714. The van der Waals surface area contributed by atoms with Crippen molar-refractivity contribution in [3.05, 3.63) is 11.8 Å². The zero-order valence-electron chi connectivity index (χ0n) is 11.4. The van der Waals surface area contributed by atoms with Crippen molar-refractivity contribution in [2.24, 2.45) is 11.8 Å². The van der Waals surface area contributed by atoms with Crippen molar-refractivity contribution in [2.45, 2.75) is 24.7 Å². The third-order valence-electron chi connectivity index (χ3n) is 3.99. The van der Waals surface area contributed by atoms with Crippen LogP contribution in [0.5, 0.6) is 0 Å². The van der Waals surface area contributed by atoms with Crippen LogP contribution in [0.25, 0.3) is 0 Å². The van der Waals surface area contributed by atoms with Crippen LogP contribution in [0.4, 0.5) is 0 Å². The molecule has 3 aliphatic heterocycles. The number of carbonyl (C=O) groups excluding carboxylic acids is 2. The van der Waals surface area contributed by atoms with E-state index in [0.29, 0.717) is 19.6 Å². The normalized spacial score (nSPS) is 38.5. The Bertz CT molecular complexity index is 492. The first-order valence-electron chi connectivity index (χ1n) is 7.15. The summed E-state index contributed by atoms with van der Waals surface area (Å²) in [5.74, 6) is -1.22. The van der Waals surface area contributed by atoms with Gasteiger partial charge in [0.25, 0.3) is 0 Å². The van der Waals surface area contributed by atoms with Crippen LogP contribution in [0, 0.1) is 11.8 Å². The Kier molecular flexibility index (Phi) is 3.11. The van der Waals surface area contributed by atoms with Gasteiger partial charge in [-0.1, -0.05) is 0 Å². The summed E-state index contributed by atoms with van der Waals surface area (Å²) in [6.07, 6.45) is 2.13. The van der Waals surface area contributed by atoms with Gasteiger partial charge in [-0.2, -0.15) is 0 Å². The van der Waals surface area contributed by atoms with Gasteiger partial charge in [0.15, 0.2) is 6.10 Å². The third-order valence-corrected chi connectivity index (χ3v) is 3.99. The molecule has 3 fully saturated rings. The molecule has 0 bridgehead atoms. The monoisotopic (exact) mass is 296 g/mol. The Morgan fingerprint density at radius 3 is 2.33 bits per heavy atom. The molecule has 0 spiro atoms. The molecule has 3 heterocycles. The minimum Gasteiger partial charge on any atom is -0.483 e. The third kappa shape index (κ3) is 3.03. The first-order chi connectivity index (χ1) is 10.2. The fourth-order valence-corrected chi connectivity index (χ4v) is 2.47. The number of hydrogen-bond donors (Lipinski definition) is 0. The van der Waals surface area contributed by atoms with E-state index >= 15 is 0 Å². The Balaban J connectivity index is 1.38. The summed E-state index contributed by atoms with van der Waals surface area (Å²) in [7, 11) is 0. The van der Waals surface area contributed by atoms with Gasteiger partial charge in [0.2, 0.25) is 0 Å². The van der Waals surface area contributed by atoms with Gasteiger partial charge in [-0.3, -0.25) is 9.59 Å². The number of fused-ring (bicyclic) bond motifs is 1. The highest BCUT2D eigenvalue weighted by atomic mass is 16.6. The standard InChI is InChI=1S/C14H16O7/c15-13(19-5-7-3-17-7)9-1-11-12(21-11)2-10(9)14(16)20-6-8-4-18-8/h1,7-10,12H,2-6H2/t7-,8+,9+,10+,12+/m0/s1. The molecule has 7 heteroatoms. The second-order valence-corrected chi connectivity index (χ2v) is 5.71. The molecule has 0 saturated carbocycles. The molecule has 4 rings (SSSR count). The van der Waals surface area contributed by atoms with E-state index in [0.717, 1.165) is 5.76 Å². The Hall–Kier alpha value is -1.60. The van der Waals surface area contributed by atoms with E-state index in [1.807, 2.05) is 0 Å². The SMILES string of the molecule is O=C(OC[C@@H]1CO1)[C@@H]1C=C2O[C@@H]2C[C@H]1C(=O)OC[C@H]1CO1. The summed E-state index contributed by atoms with van der Waals surface area (Å²) in [6.45, 7) is 1.73. The van der Waals surface area contributed by atoms with Gasteiger partial charge >= 0.3 is 11.9 Å². The first-order valence-corrected chi connectivity index (χ1v) is 7.15. The van der Waals surface area contributed by atoms with Gasteiger partial charge in [-0.15, -0.1) is 0 Å². The summed E-state index contributed by atoms with van der Waals surface area (Å²) >= 11 is 0. The second-order valence-electron chi connectivity index (χ2n) is 5.71. The summed E-state index contributed by atoms with van der Waals surface area (Å²) in [5.41, 5.74) is 0.